The van der Waals surface area contributed by atoms with Crippen molar-refractivity contribution in [1.29, 1.82) is 0 Å². The van der Waals surface area contributed by atoms with Crippen molar-refractivity contribution < 1.29 is 24.5 Å². The molecule has 0 aliphatic rings. The van der Waals surface area contributed by atoms with Crippen LogP contribution in [0.1, 0.15) is 11.7 Å². The summed E-state index contributed by atoms with van der Waals surface area (Å²) in [4.78, 5) is 11.1. The van der Waals surface area contributed by atoms with Crippen molar-refractivity contribution in [3.05, 3.63) is 28.8 Å². The standard InChI is InChI=1S/C11H13ClO5/c1-16-8-5-6(3-4-7(8)12)9(13)10(14)11(15)17-2/h3-5,9-10,13-14H,1-2H3. The van der Waals surface area contributed by atoms with E-state index in [2.05, 4.69) is 4.74 Å². The summed E-state index contributed by atoms with van der Waals surface area (Å²) >= 11 is 5.81. The summed E-state index contributed by atoms with van der Waals surface area (Å²) in [6, 6.07) is 4.43. The monoisotopic (exact) mass is 260 g/mol. The average Bonchev–Trinajstić information content (AvgIpc) is 2.36. The molecule has 0 heterocycles. The van der Waals surface area contributed by atoms with Crippen LogP contribution in [0.4, 0.5) is 0 Å². The minimum Gasteiger partial charge on any atom is -0.495 e. The smallest absolute Gasteiger partial charge is 0.337 e. The molecule has 0 radical (unpaired) electrons. The van der Waals surface area contributed by atoms with Gasteiger partial charge >= 0.3 is 5.97 Å². The van der Waals surface area contributed by atoms with Gasteiger partial charge in [-0.1, -0.05) is 17.7 Å². The van der Waals surface area contributed by atoms with Crippen LogP contribution in [-0.2, 0) is 9.53 Å². The quantitative estimate of drug-likeness (QED) is 0.787. The number of carbonyl (C=O) groups excluding carboxylic acids is 1. The van der Waals surface area contributed by atoms with Gasteiger partial charge in [0.25, 0.3) is 0 Å². The van der Waals surface area contributed by atoms with Crippen molar-refractivity contribution in [2.75, 3.05) is 14.2 Å². The predicted molar refractivity (Wildman–Crippen MR) is 61.0 cm³/mol. The summed E-state index contributed by atoms with van der Waals surface area (Å²) in [5.74, 6) is -0.563. The first-order valence-corrected chi connectivity index (χ1v) is 5.16. The Labute approximate surface area is 104 Å². The van der Waals surface area contributed by atoms with Crippen molar-refractivity contribution >= 4 is 17.6 Å². The van der Waals surface area contributed by atoms with Gasteiger partial charge in [0.2, 0.25) is 0 Å². The summed E-state index contributed by atoms with van der Waals surface area (Å²) in [7, 11) is 2.55. The second-order valence-electron chi connectivity index (χ2n) is 3.31. The second kappa shape index (κ2) is 5.86. The first-order chi connectivity index (χ1) is 8.01. The zero-order valence-electron chi connectivity index (χ0n) is 9.38. The number of benzene rings is 1. The molecule has 2 N–H and O–H groups in total. The maximum atomic E-state index is 11.1. The Morgan fingerprint density at radius 1 is 1.35 bits per heavy atom. The van der Waals surface area contributed by atoms with Crippen LogP contribution in [0.15, 0.2) is 18.2 Å². The van der Waals surface area contributed by atoms with E-state index in [0.29, 0.717) is 16.3 Å². The number of hydrogen-bond acceptors (Lipinski definition) is 5. The van der Waals surface area contributed by atoms with E-state index in [1.165, 1.54) is 25.3 Å². The molecule has 94 valence electrons. The van der Waals surface area contributed by atoms with E-state index in [-0.39, 0.29) is 0 Å². The highest BCUT2D eigenvalue weighted by atomic mass is 35.5. The molecule has 0 fully saturated rings. The normalized spacial score (nSPS) is 13.9. The SMILES string of the molecule is COC(=O)C(O)C(O)c1ccc(Cl)c(OC)c1. The summed E-state index contributed by atoms with van der Waals surface area (Å²) in [5.41, 5.74) is 0.309. The van der Waals surface area contributed by atoms with Crippen LogP contribution in [0.5, 0.6) is 5.75 Å². The summed E-state index contributed by atoms with van der Waals surface area (Å²) in [6.45, 7) is 0. The van der Waals surface area contributed by atoms with Crippen LogP contribution < -0.4 is 4.74 Å². The fourth-order valence-electron chi connectivity index (χ4n) is 1.29. The van der Waals surface area contributed by atoms with E-state index in [1.807, 2.05) is 0 Å². The molecular weight excluding hydrogens is 248 g/mol. The van der Waals surface area contributed by atoms with Crippen molar-refractivity contribution in [3.63, 3.8) is 0 Å². The molecule has 0 amide bonds. The van der Waals surface area contributed by atoms with Gasteiger partial charge in [-0.3, -0.25) is 0 Å². The Hall–Kier alpha value is -1.30. The van der Waals surface area contributed by atoms with Gasteiger partial charge in [-0.2, -0.15) is 0 Å². The van der Waals surface area contributed by atoms with E-state index in [4.69, 9.17) is 16.3 Å². The number of rotatable bonds is 4. The topological polar surface area (TPSA) is 76.0 Å². The van der Waals surface area contributed by atoms with Crippen molar-refractivity contribution in [2.45, 2.75) is 12.2 Å². The van der Waals surface area contributed by atoms with Crippen molar-refractivity contribution in [3.8, 4) is 5.75 Å². The molecule has 1 aromatic carbocycles. The van der Waals surface area contributed by atoms with Gasteiger partial charge in [0.15, 0.2) is 6.10 Å². The minimum absolute atomic E-state index is 0.309. The number of halogens is 1. The molecule has 0 spiro atoms. The third-order valence-electron chi connectivity index (χ3n) is 2.26. The average molecular weight is 261 g/mol. The highest BCUT2D eigenvalue weighted by Crippen LogP contribution is 2.29. The molecule has 2 unspecified atom stereocenters. The highest BCUT2D eigenvalue weighted by molar-refractivity contribution is 6.32. The lowest BCUT2D eigenvalue weighted by Gasteiger charge is -2.16. The van der Waals surface area contributed by atoms with Gasteiger partial charge in [0.1, 0.15) is 11.9 Å². The molecule has 0 bridgehead atoms. The van der Waals surface area contributed by atoms with Gasteiger partial charge in [-0.05, 0) is 17.7 Å². The van der Waals surface area contributed by atoms with E-state index in [1.54, 1.807) is 0 Å². The molecule has 0 aliphatic carbocycles. The van der Waals surface area contributed by atoms with Gasteiger partial charge in [0, 0.05) is 0 Å². The summed E-state index contributed by atoms with van der Waals surface area (Å²) in [6.07, 6.45) is -3.04. The van der Waals surface area contributed by atoms with Crippen molar-refractivity contribution in [1.82, 2.24) is 0 Å². The Morgan fingerprint density at radius 2 is 2.00 bits per heavy atom. The molecule has 17 heavy (non-hydrogen) atoms. The third-order valence-corrected chi connectivity index (χ3v) is 2.57. The van der Waals surface area contributed by atoms with Gasteiger partial charge in [-0.25, -0.2) is 4.79 Å². The van der Waals surface area contributed by atoms with E-state index < -0.39 is 18.2 Å². The lowest BCUT2D eigenvalue weighted by atomic mass is 10.0. The van der Waals surface area contributed by atoms with Crippen LogP contribution in [0.2, 0.25) is 5.02 Å². The Bertz CT molecular complexity index is 407. The maximum Gasteiger partial charge on any atom is 0.337 e. The first-order valence-electron chi connectivity index (χ1n) is 4.78. The number of ether oxygens (including phenoxy) is 2. The number of aliphatic hydroxyl groups is 2. The van der Waals surface area contributed by atoms with Crippen molar-refractivity contribution in [2.24, 2.45) is 0 Å². The first kappa shape index (κ1) is 13.8. The number of esters is 1. The molecule has 0 aromatic heterocycles. The lowest BCUT2D eigenvalue weighted by molar-refractivity contribution is -0.156. The molecule has 5 nitrogen and oxygen atoms in total. The van der Waals surface area contributed by atoms with E-state index in [0.717, 1.165) is 7.11 Å². The number of carbonyl (C=O) groups is 1. The molecule has 0 saturated carbocycles. The van der Waals surface area contributed by atoms with Gasteiger partial charge < -0.3 is 19.7 Å². The molecule has 1 aromatic rings. The largest absolute Gasteiger partial charge is 0.495 e. The summed E-state index contributed by atoms with van der Waals surface area (Å²) in [5, 5.41) is 19.6. The fraction of sp³-hybridized carbons (Fsp3) is 0.364. The van der Waals surface area contributed by atoms with Gasteiger partial charge in [-0.15, -0.1) is 0 Å². The maximum absolute atomic E-state index is 11.1. The lowest BCUT2D eigenvalue weighted by Crippen LogP contribution is -2.29. The van der Waals surface area contributed by atoms with Crippen LogP contribution in [-0.4, -0.2) is 36.5 Å². The molecule has 2 atom stereocenters. The fourth-order valence-corrected chi connectivity index (χ4v) is 1.49. The van der Waals surface area contributed by atoms with Crippen LogP contribution >= 0.6 is 11.6 Å². The second-order valence-corrected chi connectivity index (χ2v) is 3.71. The Kier molecular flexibility index (Phi) is 4.74. The number of hydrogen-bond donors (Lipinski definition) is 2. The molecule has 0 saturated heterocycles. The van der Waals surface area contributed by atoms with Crippen LogP contribution in [0, 0.1) is 0 Å². The zero-order chi connectivity index (χ0) is 13.0. The Morgan fingerprint density at radius 3 is 2.53 bits per heavy atom. The summed E-state index contributed by atoms with van der Waals surface area (Å²) < 4.78 is 9.29. The number of aliphatic hydroxyl groups excluding tert-OH is 2. The molecular formula is C11H13ClO5. The third kappa shape index (κ3) is 3.09. The van der Waals surface area contributed by atoms with Gasteiger partial charge in [0.05, 0.1) is 19.2 Å². The minimum atomic E-state index is -1.65. The van der Waals surface area contributed by atoms with E-state index >= 15 is 0 Å². The number of methoxy groups -OCH3 is 2. The highest BCUT2D eigenvalue weighted by Gasteiger charge is 2.26. The predicted octanol–water partition coefficient (Wildman–Crippen LogP) is 0.916. The molecule has 6 heteroatoms. The van der Waals surface area contributed by atoms with Crippen LogP contribution in [0.25, 0.3) is 0 Å². The molecule has 1 rings (SSSR count). The zero-order valence-corrected chi connectivity index (χ0v) is 10.1. The molecule has 0 aliphatic heterocycles. The Balaban J connectivity index is 2.96. The van der Waals surface area contributed by atoms with Crippen LogP contribution in [0.3, 0.4) is 0 Å². The van der Waals surface area contributed by atoms with E-state index in [9.17, 15) is 15.0 Å².